The van der Waals surface area contributed by atoms with Gasteiger partial charge in [0.25, 0.3) is 11.6 Å². The molecular weight excluding hydrogens is 364 g/mol. The summed E-state index contributed by atoms with van der Waals surface area (Å²) in [5, 5.41) is 13.6. The van der Waals surface area contributed by atoms with Crippen LogP contribution in [0.1, 0.15) is 10.4 Å². The Bertz CT molecular complexity index is 794. The highest BCUT2D eigenvalue weighted by Gasteiger charge is 2.12. The van der Waals surface area contributed by atoms with Gasteiger partial charge in [-0.15, -0.1) is 0 Å². The second kappa shape index (κ2) is 9.38. The van der Waals surface area contributed by atoms with E-state index in [9.17, 15) is 19.7 Å². The standard InChI is InChI=1S/C17H15ClN2O6/c18-13-4-6-15(7-5-13)25-8-9-26-16(21)11-19-17(22)12-2-1-3-14(10-12)20(23)24/h1-7,10H,8-9,11H2,(H,19,22). The number of ether oxygens (including phenoxy) is 2. The number of halogens is 1. The fourth-order valence-electron chi connectivity index (χ4n) is 1.91. The van der Waals surface area contributed by atoms with Crippen LogP contribution in [0.2, 0.25) is 5.02 Å². The van der Waals surface area contributed by atoms with Crippen molar-refractivity contribution < 1.29 is 24.0 Å². The third kappa shape index (κ3) is 6.06. The highest BCUT2D eigenvalue weighted by Crippen LogP contribution is 2.15. The number of nitrogens with one attached hydrogen (secondary N) is 1. The van der Waals surface area contributed by atoms with Gasteiger partial charge in [0.05, 0.1) is 4.92 Å². The molecule has 1 amide bonds. The Morgan fingerprint density at radius 3 is 2.54 bits per heavy atom. The largest absolute Gasteiger partial charge is 0.490 e. The minimum Gasteiger partial charge on any atom is -0.490 e. The molecule has 0 aliphatic heterocycles. The zero-order valence-corrected chi connectivity index (χ0v) is 14.3. The second-order valence-electron chi connectivity index (χ2n) is 5.01. The maximum Gasteiger partial charge on any atom is 0.325 e. The quantitative estimate of drug-likeness (QED) is 0.327. The summed E-state index contributed by atoms with van der Waals surface area (Å²) >= 11 is 5.75. The molecule has 0 fully saturated rings. The van der Waals surface area contributed by atoms with E-state index in [1.165, 1.54) is 18.2 Å². The topological polar surface area (TPSA) is 108 Å². The van der Waals surface area contributed by atoms with Crippen LogP contribution in [0, 0.1) is 10.1 Å². The first kappa shape index (κ1) is 19.2. The SMILES string of the molecule is O=C(CNC(=O)c1cccc([N+](=O)[O-])c1)OCCOc1ccc(Cl)cc1. The number of rotatable bonds is 8. The number of amides is 1. The number of nitro benzene ring substituents is 1. The molecule has 0 aliphatic rings. The summed E-state index contributed by atoms with van der Waals surface area (Å²) in [6.45, 7) is -0.206. The molecule has 2 aromatic carbocycles. The summed E-state index contributed by atoms with van der Waals surface area (Å²) in [6.07, 6.45) is 0. The predicted molar refractivity (Wildman–Crippen MR) is 93.3 cm³/mol. The lowest BCUT2D eigenvalue weighted by molar-refractivity contribution is -0.384. The van der Waals surface area contributed by atoms with E-state index in [4.69, 9.17) is 21.1 Å². The summed E-state index contributed by atoms with van der Waals surface area (Å²) in [5.41, 5.74) is -0.127. The highest BCUT2D eigenvalue weighted by molar-refractivity contribution is 6.30. The number of benzene rings is 2. The number of esters is 1. The number of nitro groups is 1. The van der Waals surface area contributed by atoms with Crippen LogP contribution in [0.3, 0.4) is 0 Å². The van der Waals surface area contributed by atoms with Crippen molar-refractivity contribution >= 4 is 29.2 Å². The van der Waals surface area contributed by atoms with E-state index in [0.29, 0.717) is 10.8 Å². The minimum atomic E-state index is -0.650. The van der Waals surface area contributed by atoms with Crippen molar-refractivity contribution in [2.24, 2.45) is 0 Å². The molecule has 0 atom stereocenters. The van der Waals surface area contributed by atoms with Gasteiger partial charge in [0.1, 0.15) is 25.5 Å². The fraction of sp³-hybridized carbons (Fsp3) is 0.176. The maximum absolute atomic E-state index is 11.9. The van der Waals surface area contributed by atoms with Gasteiger partial charge >= 0.3 is 5.97 Å². The molecule has 0 aromatic heterocycles. The number of hydrogen-bond acceptors (Lipinski definition) is 6. The van der Waals surface area contributed by atoms with E-state index in [0.717, 1.165) is 6.07 Å². The van der Waals surface area contributed by atoms with E-state index in [2.05, 4.69) is 5.32 Å². The normalized spacial score (nSPS) is 10.0. The molecular formula is C17H15ClN2O6. The molecule has 0 saturated carbocycles. The van der Waals surface area contributed by atoms with Crippen molar-refractivity contribution in [3.05, 3.63) is 69.2 Å². The first-order valence-electron chi connectivity index (χ1n) is 7.52. The molecule has 9 heteroatoms. The van der Waals surface area contributed by atoms with Gasteiger partial charge in [-0.05, 0) is 30.3 Å². The summed E-state index contributed by atoms with van der Waals surface area (Å²) in [4.78, 5) is 33.6. The Morgan fingerprint density at radius 2 is 1.85 bits per heavy atom. The number of carbonyl (C=O) groups excluding carboxylic acids is 2. The van der Waals surface area contributed by atoms with Crippen molar-refractivity contribution in [3.8, 4) is 5.75 Å². The molecule has 0 aliphatic carbocycles. The summed E-state index contributed by atoms with van der Waals surface area (Å²) in [5.74, 6) is -0.670. The zero-order chi connectivity index (χ0) is 18.9. The minimum absolute atomic E-state index is 0.00807. The van der Waals surface area contributed by atoms with Crippen molar-refractivity contribution in [2.45, 2.75) is 0 Å². The molecule has 8 nitrogen and oxygen atoms in total. The van der Waals surface area contributed by atoms with Gasteiger partial charge in [-0.25, -0.2) is 0 Å². The Hall–Kier alpha value is -3.13. The Kier molecular flexibility index (Phi) is 6.92. The van der Waals surface area contributed by atoms with E-state index in [1.807, 2.05) is 0 Å². The van der Waals surface area contributed by atoms with E-state index < -0.39 is 16.8 Å². The van der Waals surface area contributed by atoms with Gasteiger partial charge in [-0.3, -0.25) is 19.7 Å². The summed E-state index contributed by atoms with van der Waals surface area (Å²) < 4.78 is 10.3. The molecule has 2 aromatic rings. The fourth-order valence-corrected chi connectivity index (χ4v) is 2.04. The van der Waals surface area contributed by atoms with Crippen molar-refractivity contribution in [1.29, 1.82) is 0 Å². The van der Waals surface area contributed by atoms with Gasteiger partial charge in [-0.2, -0.15) is 0 Å². The summed E-state index contributed by atoms with van der Waals surface area (Å²) in [6, 6.07) is 11.9. The number of nitrogens with zero attached hydrogens (tertiary/aromatic N) is 1. The molecule has 1 N–H and O–H groups in total. The van der Waals surface area contributed by atoms with E-state index in [-0.39, 0.29) is 31.0 Å². The average Bonchev–Trinajstić information content (AvgIpc) is 2.64. The molecule has 2 rings (SSSR count). The molecule has 0 unspecified atom stereocenters. The predicted octanol–water partition coefficient (Wildman–Crippen LogP) is 2.60. The van der Waals surface area contributed by atoms with Crippen LogP contribution in [0.25, 0.3) is 0 Å². The van der Waals surface area contributed by atoms with Crippen molar-refractivity contribution in [2.75, 3.05) is 19.8 Å². The highest BCUT2D eigenvalue weighted by atomic mass is 35.5. The van der Waals surface area contributed by atoms with Crippen LogP contribution < -0.4 is 10.1 Å². The lowest BCUT2D eigenvalue weighted by Gasteiger charge is -2.08. The van der Waals surface area contributed by atoms with Crippen LogP contribution in [-0.4, -0.2) is 36.6 Å². The monoisotopic (exact) mass is 378 g/mol. The van der Waals surface area contributed by atoms with Crippen molar-refractivity contribution in [3.63, 3.8) is 0 Å². The van der Waals surface area contributed by atoms with E-state index in [1.54, 1.807) is 24.3 Å². The molecule has 136 valence electrons. The maximum atomic E-state index is 11.9. The van der Waals surface area contributed by atoms with Crippen LogP contribution in [-0.2, 0) is 9.53 Å². The number of hydrogen-bond donors (Lipinski definition) is 1. The smallest absolute Gasteiger partial charge is 0.325 e. The Labute approximate surface area is 153 Å². The Morgan fingerprint density at radius 1 is 1.12 bits per heavy atom. The Balaban J connectivity index is 1.69. The van der Waals surface area contributed by atoms with Gasteiger partial charge in [0, 0.05) is 22.7 Å². The first-order valence-corrected chi connectivity index (χ1v) is 7.90. The van der Waals surface area contributed by atoms with Gasteiger partial charge < -0.3 is 14.8 Å². The molecule has 0 spiro atoms. The van der Waals surface area contributed by atoms with Crippen LogP contribution in [0.15, 0.2) is 48.5 Å². The zero-order valence-electron chi connectivity index (χ0n) is 13.5. The van der Waals surface area contributed by atoms with Crippen LogP contribution >= 0.6 is 11.6 Å². The first-order chi connectivity index (χ1) is 12.5. The second-order valence-corrected chi connectivity index (χ2v) is 5.45. The summed E-state index contributed by atoms with van der Waals surface area (Å²) in [7, 11) is 0. The lowest BCUT2D eigenvalue weighted by Crippen LogP contribution is -2.31. The third-order valence-electron chi connectivity index (χ3n) is 3.14. The molecule has 26 heavy (non-hydrogen) atoms. The third-order valence-corrected chi connectivity index (χ3v) is 3.39. The lowest BCUT2D eigenvalue weighted by atomic mass is 10.2. The van der Waals surface area contributed by atoms with Crippen LogP contribution in [0.5, 0.6) is 5.75 Å². The van der Waals surface area contributed by atoms with Gasteiger partial charge in [0.15, 0.2) is 0 Å². The number of non-ortho nitro benzene ring substituents is 1. The van der Waals surface area contributed by atoms with Gasteiger partial charge in [0.2, 0.25) is 0 Å². The number of carbonyl (C=O) groups is 2. The average molecular weight is 379 g/mol. The van der Waals surface area contributed by atoms with Gasteiger partial charge in [-0.1, -0.05) is 17.7 Å². The molecule has 0 bridgehead atoms. The molecule has 0 saturated heterocycles. The van der Waals surface area contributed by atoms with Crippen LogP contribution in [0.4, 0.5) is 5.69 Å². The van der Waals surface area contributed by atoms with E-state index >= 15 is 0 Å². The molecule has 0 radical (unpaired) electrons. The molecule has 0 heterocycles. The van der Waals surface area contributed by atoms with Crippen molar-refractivity contribution in [1.82, 2.24) is 5.32 Å².